The summed E-state index contributed by atoms with van der Waals surface area (Å²) in [5, 5.41) is 6.57. The second-order valence-electron chi connectivity index (χ2n) is 7.42. The number of carbonyl (C=O) groups is 1. The minimum Gasteiger partial charge on any atom is -0.308 e. The number of sulfonamides is 1. The Kier molecular flexibility index (Phi) is 6.17. The number of anilines is 3. The summed E-state index contributed by atoms with van der Waals surface area (Å²) in [6.07, 6.45) is 2.56. The predicted octanol–water partition coefficient (Wildman–Crippen LogP) is 5.27. The van der Waals surface area contributed by atoms with Crippen molar-refractivity contribution >= 4 is 55.6 Å². The van der Waals surface area contributed by atoms with Crippen molar-refractivity contribution in [2.45, 2.75) is 6.92 Å². The highest BCUT2D eigenvalue weighted by Gasteiger charge is 2.12. The van der Waals surface area contributed by atoms with E-state index < -0.39 is 16.1 Å². The standard InChI is InChI=1S/C23H20ClN5O3S/c1-14-7-8-15(11-18(14)22-17-5-3-4-6-20(17)25-13-26-22)27-23(30)28-21-10-9-16(12-19(21)24)29-33(2,31)32/h3-13,29H,1-2H3,(H2,27,28,30). The molecule has 0 aliphatic rings. The first-order valence-electron chi connectivity index (χ1n) is 9.86. The Labute approximate surface area is 196 Å². The van der Waals surface area contributed by atoms with Crippen LogP contribution in [0.4, 0.5) is 21.9 Å². The lowest BCUT2D eigenvalue weighted by Crippen LogP contribution is -2.19. The van der Waals surface area contributed by atoms with Crippen molar-refractivity contribution in [1.29, 1.82) is 0 Å². The first-order valence-corrected chi connectivity index (χ1v) is 12.1. The molecule has 0 fully saturated rings. The molecule has 10 heteroatoms. The van der Waals surface area contributed by atoms with Gasteiger partial charge < -0.3 is 10.6 Å². The number of aryl methyl sites for hydroxylation is 1. The van der Waals surface area contributed by atoms with Gasteiger partial charge in [0.1, 0.15) is 6.33 Å². The number of para-hydroxylation sites is 1. The van der Waals surface area contributed by atoms with E-state index in [2.05, 4.69) is 25.3 Å². The van der Waals surface area contributed by atoms with Gasteiger partial charge in [-0.25, -0.2) is 23.2 Å². The summed E-state index contributed by atoms with van der Waals surface area (Å²) < 4.78 is 25.1. The number of urea groups is 1. The normalized spacial score (nSPS) is 11.2. The lowest BCUT2D eigenvalue weighted by Gasteiger charge is -2.13. The fourth-order valence-electron chi connectivity index (χ4n) is 3.35. The zero-order chi connectivity index (χ0) is 23.6. The van der Waals surface area contributed by atoms with Gasteiger partial charge in [-0.05, 0) is 48.9 Å². The topological polar surface area (TPSA) is 113 Å². The van der Waals surface area contributed by atoms with Gasteiger partial charge in [-0.15, -0.1) is 0 Å². The largest absolute Gasteiger partial charge is 0.323 e. The molecular formula is C23H20ClN5O3S. The lowest BCUT2D eigenvalue weighted by molar-refractivity contribution is 0.262. The maximum Gasteiger partial charge on any atom is 0.323 e. The molecule has 3 N–H and O–H groups in total. The quantitative estimate of drug-likeness (QED) is 0.359. The number of aromatic nitrogens is 2. The molecule has 1 aromatic heterocycles. The smallest absolute Gasteiger partial charge is 0.308 e. The van der Waals surface area contributed by atoms with Crippen LogP contribution in [-0.4, -0.2) is 30.7 Å². The molecule has 168 valence electrons. The maximum atomic E-state index is 12.6. The SMILES string of the molecule is Cc1ccc(NC(=O)Nc2ccc(NS(C)(=O)=O)cc2Cl)cc1-c1ncnc2ccccc12. The van der Waals surface area contributed by atoms with E-state index in [0.29, 0.717) is 17.1 Å². The first-order chi connectivity index (χ1) is 15.7. The van der Waals surface area contributed by atoms with Crippen molar-refractivity contribution in [3.8, 4) is 11.3 Å². The van der Waals surface area contributed by atoms with E-state index in [0.717, 1.165) is 34.0 Å². The molecule has 0 aliphatic heterocycles. The molecule has 3 aromatic carbocycles. The molecule has 2 amide bonds. The zero-order valence-corrected chi connectivity index (χ0v) is 19.3. The van der Waals surface area contributed by atoms with Crippen LogP contribution in [0.25, 0.3) is 22.2 Å². The molecule has 0 spiro atoms. The Balaban J connectivity index is 1.55. The van der Waals surface area contributed by atoms with Crippen LogP contribution in [0, 0.1) is 6.92 Å². The fraction of sp³-hybridized carbons (Fsp3) is 0.0870. The summed E-state index contributed by atoms with van der Waals surface area (Å²) in [6, 6.07) is 17.2. The van der Waals surface area contributed by atoms with E-state index in [4.69, 9.17) is 11.6 Å². The van der Waals surface area contributed by atoms with Crippen LogP contribution in [0.1, 0.15) is 5.56 Å². The van der Waals surface area contributed by atoms with E-state index in [-0.39, 0.29) is 5.02 Å². The maximum absolute atomic E-state index is 12.6. The van der Waals surface area contributed by atoms with Gasteiger partial charge >= 0.3 is 6.03 Å². The number of rotatable bonds is 5. The van der Waals surface area contributed by atoms with Crippen molar-refractivity contribution in [3.63, 3.8) is 0 Å². The number of carbonyl (C=O) groups excluding carboxylic acids is 1. The minimum absolute atomic E-state index is 0.191. The van der Waals surface area contributed by atoms with Gasteiger partial charge in [0.2, 0.25) is 10.0 Å². The molecule has 33 heavy (non-hydrogen) atoms. The number of halogens is 1. The lowest BCUT2D eigenvalue weighted by atomic mass is 10.0. The van der Waals surface area contributed by atoms with Crippen molar-refractivity contribution in [3.05, 3.63) is 77.6 Å². The summed E-state index contributed by atoms with van der Waals surface area (Å²) in [6.45, 7) is 1.97. The van der Waals surface area contributed by atoms with Gasteiger partial charge in [-0.3, -0.25) is 4.72 Å². The first kappa shape index (κ1) is 22.5. The number of hydrogen-bond acceptors (Lipinski definition) is 5. The third kappa shape index (κ3) is 5.39. The van der Waals surface area contributed by atoms with Crippen LogP contribution in [0.15, 0.2) is 67.0 Å². The second-order valence-corrected chi connectivity index (χ2v) is 9.57. The van der Waals surface area contributed by atoms with Gasteiger partial charge in [-0.2, -0.15) is 0 Å². The number of hydrogen-bond donors (Lipinski definition) is 3. The zero-order valence-electron chi connectivity index (χ0n) is 17.8. The molecule has 0 unspecified atom stereocenters. The molecular weight excluding hydrogens is 462 g/mol. The van der Waals surface area contributed by atoms with Crippen LogP contribution in [0.3, 0.4) is 0 Å². The molecule has 8 nitrogen and oxygen atoms in total. The Morgan fingerprint density at radius 1 is 0.939 bits per heavy atom. The van der Waals surface area contributed by atoms with Crippen LogP contribution in [0.5, 0.6) is 0 Å². The monoisotopic (exact) mass is 481 g/mol. The van der Waals surface area contributed by atoms with Crippen LogP contribution >= 0.6 is 11.6 Å². The van der Waals surface area contributed by atoms with Gasteiger partial charge in [-0.1, -0.05) is 35.9 Å². The molecule has 0 aliphatic carbocycles. The number of amides is 2. The molecule has 0 bridgehead atoms. The van der Waals surface area contributed by atoms with E-state index in [1.54, 1.807) is 6.07 Å². The van der Waals surface area contributed by atoms with Crippen LogP contribution in [-0.2, 0) is 10.0 Å². The van der Waals surface area contributed by atoms with Gasteiger partial charge in [0, 0.05) is 16.6 Å². The molecule has 0 saturated heterocycles. The number of fused-ring (bicyclic) bond motifs is 1. The molecule has 4 rings (SSSR count). The van der Waals surface area contributed by atoms with Crippen molar-refractivity contribution < 1.29 is 13.2 Å². The highest BCUT2D eigenvalue weighted by molar-refractivity contribution is 7.92. The summed E-state index contributed by atoms with van der Waals surface area (Å²) >= 11 is 6.20. The van der Waals surface area contributed by atoms with E-state index in [9.17, 15) is 13.2 Å². The highest BCUT2D eigenvalue weighted by Crippen LogP contribution is 2.30. The highest BCUT2D eigenvalue weighted by atomic mass is 35.5. The summed E-state index contributed by atoms with van der Waals surface area (Å²) in [7, 11) is -3.43. The van der Waals surface area contributed by atoms with E-state index >= 15 is 0 Å². The molecule has 0 radical (unpaired) electrons. The predicted molar refractivity (Wildman–Crippen MR) is 132 cm³/mol. The van der Waals surface area contributed by atoms with Crippen molar-refractivity contribution in [2.24, 2.45) is 0 Å². The Bertz CT molecular complexity index is 1470. The van der Waals surface area contributed by atoms with Crippen molar-refractivity contribution in [2.75, 3.05) is 21.6 Å². The third-order valence-corrected chi connectivity index (χ3v) is 5.73. The number of benzene rings is 3. The molecule has 4 aromatic rings. The number of nitrogens with zero attached hydrogens (tertiary/aromatic N) is 2. The fourth-order valence-corrected chi connectivity index (χ4v) is 4.14. The van der Waals surface area contributed by atoms with E-state index in [1.165, 1.54) is 24.5 Å². The van der Waals surface area contributed by atoms with E-state index in [1.807, 2.05) is 43.3 Å². The van der Waals surface area contributed by atoms with Gasteiger partial charge in [0.15, 0.2) is 0 Å². The van der Waals surface area contributed by atoms with Crippen LogP contribution in [0.2, 0.25) is 5.02 Å². The third-order valence-electron chi connectivity index (χ3n) is 4.81. The van der Waals surface area contributed by atoms with Crippen LogP contribution < -0.4 is 15.4 Å². The summed E-state index contributed by atoms with van der Waals surface area (Å²) in [5.41, 5.74) is 4.70. The van der Waals surface area contributed by atoms with Gasteiger partial charge in [0.05, 0.1) is 33.9 Å². The Hall–Kier alpha value is -3.69. The minimum atomic E-state index is -3.43. The van der Waals surface area contributed by atoms with Crippen molar-refractivity contribution in [1.82, 2.24) is 9.97 Å². The summed E-state index contributed by atoms with van der Waals surface area (Å²) in [4.78, 5) is 21.3. The Morgan fingerprint density at radius 2 is 1.70 bits per heavy atom. The second kappa shape index (κ2) is 9.05. The molecule has 1 heterocycles. The number of nitrogens with one attached hydrogen (secondary N) is 3. The van der Waals surface area contributed by atoms with Gasteiger partial charge in [0.25, 0.3) is 0 Å². The Morgan fingerprint density at radius 3 is 2.45 bits per heavy atom. The molecule has 0 atom stereocenters. The molecule has 0 saturated carbocycles. The average Bonchev–Trinajstić information content (AvgIpc) is 2.75. The summed E-state index contributed by atoms with van der Waals surface area (Å²) in [5.74, 6) is 0. The average molecular weight is 482 g/mol.